The fourth-order valence-corrected chi connectivity index (χ4v) is 3.78. The van der Waals surface area contributed by atoms with Crippen LogP contribution in [0.15, 0.2) is 66.4 Å². The summed E-state index contributed by atoms with van der Waals surface area (Å²) < 4.78 is 44.3. The molecule has 0 spiro atoms. The molecule has 0 amide bonds. The van der Waals surface area contributed by atoms with Gasteiger partial charge in [0.05, 0.1) is 6.61 Å². The number of carbonyl (C=O) groups is 1. The number of hydrogen-bond acceptors (Lipinski definition) is 3. The summed E-state index contributed by atoms with van der Waals surface area (Å²) in [7, 11) is 1.53. The Kier molecular flexibility index (Phi) is 7.21. The van der Waals surface area contributed by atoms with E-state index in [1.54, 1.807) is 0 Å². The van der Waals surface area contributed by atoms with Crippen LogP contribution in [0, 0.1) is 0 Å². The second-order valence-electron chi connectivity index (χ2n) is 7.46. The third kappa shape index (κ3) is 5.57. The van der Waals surface area contributed by atoms with E-state index >= 15 is 0 Å². The van der Waals surface area contributed by atoms with Crippen LogP contribution in [0.4, 0.5) is 13.2 Å². The minimum absolute atomic E-state index is 0.110. The molecule has 164 valence electrons. The van der Waals surface area contributed by atoms with Crippen LogP contribution in [0.25, 0.3) is 5.57 Å². The van der Waals surface area contributed by atoms with Gasteiger partial charge in [-0.05, 0) is 54.0 Å². The highest BCUT2D eigenvalue weighted by atomic mass is 19.4. The molecule has 0 saturated carbocycles. The van der Waals surface area contributed by atoms with E-state index in [9.17, 15) is 18.0 Å². The Morgan fingerprint density at radius 1 is 1.03 bits per heavy atom. The fourth-order valence-electron chi connectivity index (χ4n) is 3.78. The SMILES string of the molecule is CCOC(=O)/C(=C\N(C)CCC=C1c2ccccc2CCc2ccccc21)C(F)(F)F. The third-order valence-electron chi connectivity index (χ3n) is 5.26. The Labute approximate surface area is 180 Å². The van der Waals surface area contributed by atoms with Gasteiger partial charge in [0.1, 0.15) is 0 Å². The fraction of sp³-hybridized carbons (Fsp3) is 0.320. The normalized spacial score (nSPS) is 13.7. The van der Waals surface area contributed by atoms with Crippen LogP contribution in [0.2, 0.25) is 0 Å². The van der Waals surface area contributed by atoms with E-state index in [4.69, 9.17) is 0 Å². The lowest BCUT2D eigenvalue weighted by Gasteiger charge is -2.18. The second-order valence-corrected chi connectivity index (χ2v) is 7.46. The summed E-state index contributed by atoms with van der Waals surface area (Å²) in [4.78, 5) is 13.1. The van der Waals surface area contributed by atoms with Gasteiger partial charge in [-0.2, -0.15) is 13.2 Å². The van der Waals surface area contributed by atoms with Crippen molar-refractivity contribution in [2.75, 3.05) is 20.2 Å². The zero-order valence-corrected chi connectivity index (χ0v) is 17.7. The highest BCUT2D eigenvalue weighted by Gasteiger charge is 2.40. The quantitative estimate of drug-likeness (QED) is 0.446. The predicted molar refractivity (Wildman–Crippen MR) is 115 cm³/mol. The van der Waals surface area contributed by atoms with E-state index in [1.807, 2.05) is 24.3 Å². The molecule has 1 aliphatic rings. The van der Waals surface area contributed by atoms with Gasteiger partial charge in [-0.25, -0.2) is 4.79 Å². The average molecular weight is 429 g/mol. The van der Waals surface area contributed by atoms with Crippen LogP contribution in [0.1, 0.15) is 35.6 Å². The first-order valence-electron chi connectivity index (χ1n) is 10.3. The first-order chi connectivity index (χ1) is 14.8. The number of nitrogens with zero attached hydrogens (tertiary/aromatic N) is 1. The molecule has 0 saturated heterocycles. The molecule has 0 atom stereocenters. The van der Waals surface area contributed by atoms with Crippen LogP contribution in [0.5, 0.6) is 0 Å². The summed E-state index contributed by atoms with van der Waals surface area (Å²) in [6.07, 6.45) is 0.552. The van der Waals surface area contributed by atoms with Crippen molar-refractivity contribution >= 4 is 11.5 Å². The van der Waals surface area contributed by atoms with Crippen LogP contribution in [-0.4, -0.2) is 37.2 Å². The summed E-state index contributed by atoms with van der Waals surface area (Å²) in [5, 5.41) is 0. The lowest BCUT2D eigenvalue weighted by molar-refractivity contribution is -0.150. The zero-order chi connectivity index (χ0) is 22.4. The molecule has 3 nitrogen and oxygen atoms in total. The van der Waals surface area contributed by atoms with Gasteiger partial charge >= 0.3 is 12.1 Å². The lowest BCUT2D eigenvalue weighted by Crippen LogP contribution is -2.26. The molecule has 0 radical (unpaired) electrons. The summed E-state index contributed by atoms with van der Waals surface area (Å²) >= 11 is 0. The first-order valence-corrected chi connectivity index (χ1v) is 10.3. The highest BCUT2D eigenvalue weighted by molar-refractivity contribution is 5.89. The van der Waals surface area contributed by atoms with Crippen molar-refractivity contribution in [2.45, 2.75) is 32.4 Å². The molecular weight excluding hydrogens is 403 g/mol. The number of esters is 1. The van der Waals surface area contributed by atoms with Crippen molar-refractivity contribution in [1.82, 2.24) is 4.90 Å². The van der Waals surface area contributed by atoms with Crippen LogP contribution in [-0.2, 0) is 22.4 Å². The number of halogens is 3. The summed E-state index contributed by atoms with van der Waals surface area (Å²) in [5.74, 6) is -1.35. The molecule has 2 aromatic carbocycles. The maximum atomic E-state index is 13.2. The molecule has 1 aliphatic carbocycles. The van der Waals surface area contributed by atoms with Gasteiger partial charge in [0.15, 0.2) is 5.57 Å². The van der Waals surface area contributed by atoms with Gasteiger partial charge in [-0.3, -0.25) is 0 Å². The van der Waals surface area contributed by atoms with Crippen molar-refractivity contribution in [3.8, 4) is 0 Å². The van der Waals surface area contributed by atoms with E-state index in [1.165, 1.54) is 30.0 Å². The number of carbonyl (C=O) groups excluding carboxylic acids is 1. The lowest BCUT2D eigenvalue weighted by atomic mass is 9.93. The number of benzene rings is 2. The topological polar surface area (TPSA) is 29.5 Å². The molecule has 0 bridgehead atoms. The van der Waals surface area contributed by atoms with E-state index < -0.39 is 17.7 Å². The summed E-state index contributed by atoms with van der Waals surface area (Å²) in [6.45, 7) is 1.69. The Bertz CT molecular complexity index is 943. The smallest absolute Gasteiger partial charge is 0.424 e. The molecule has 0 fully saturated rings. The zero-order valence-electron chi connectivity index (χ0n) is 17.7. The maximum absolute atomic E-state index is 13.2. The molecule has 0 N–H and O–H groups in total. The highest BCUT2D eigenvalue weighted by Crippen LogP contribution is 2.33. The van der Waals surface area contributed by atoms with Crippen LogP contribution >= 0.6 is 0 Å². The molecule has 31 heavy (non-hydrogen) atoms. The molecule has 2 aromatic rings. The van der Waals surface area contributed by atoms with Gasteiger partial charge in [0.25, 0.3) is 0 Å². The molecule has 3 rings (SSSR count). The third-order valence-corrected chi connectivity index (χ3v) is 5.26. The molecule has 0 unspecified atom stereocenters. The monoisotopic (exact) mass is 429 g/mol. The largest absolute Gasteiger partial charge is 0.462 e. The summed E-state index contributed by atoms with van der Waals surface area (Å²) in [5.41, 5.74) is 4.65. The number of ether oxygens (including phenoxy) is 1. The van der Waals surface area contributed by atoms with Crippen molar-refractivity contribution in [3.05, 3.63) is 88.6 Å². The van der Waals surface area contributed by atoms with E-state index in [0.717, 1.165) is 35.7 Å². The van der Waals surface area contributed by atoms with Crippen molar-refractivity contribution in [2.24, 2.45) is 0 Å². The Balaban J connectivity index is 1.84. The van der Waals surface area contributed by atoms with Gasteiger partial charge in [-0.1, -0.05) is 54.6 Å². The predicted octanol–water partition coefficient (Wildman–Crippen LogP) is 5.55. The Morgan fingerprint density at radius 3 is 2.10 bits per heavy atom. The first kappa shape index (κ1) is 22.7. The van der Waals surface area contributed by atoms with Gasteiger partial charge in [-0.15, -0.1) is 0 Å². The second kappa shape index (κ2) is 9.86. The molecule has 6 heteroatoms. The minimum Gasteiger partial charge on any atom is -0.462 e. The number of aryl methyl sites for hydroxylation is 2. The van der Waals surface area contributed by atoms with E-state index in [0.29, 0.717) is 13.0 Å². The van der Waals surface area contributed by atoms with Crippen molar-refractivity contribution in [1.29, 1.82) is 0 Å². The molecule has 0 aromatic heterocycles. The van der Waals surface area contributed by atoms with Crippen molar-refractivity contribution in [3.63, 3.8) is 0 Å². The number of alkyl halides is 3. The summed E-state index contributed by atoms with van der Waals surface area (Å²) in [6, 6.07) is 16.5. The van der Waals surface area contributed by atoms with Crippen LogP contribution in [0.3, 0.4) is 0 Å². The van der Waals surface area contributed by atoms with Gasteiger partial charge in [0, 0.05) is 19.8 Å². The number of rotatable bonds is 6. The standard InChI is InChI=1S/C25H26F3NO2/c1-3-31-24(30)23(25(26,27)28)17-29(2)16-8-13-22-20-11-6-4-9-18(20)14-15-19-10-5-7-12-21(19)22/h4-7,9-13,17H,3,8,14-16H2,1-2H3/b23-17+. The Morgan fingerprint density at radius 2 is 1.58 bits per heavy atom. The molecule has 0 aliphatic heterocycles. The minimum atomic E-state index is -4.77. The van der Waals surface area contributed by atoms with Crippen LogP contribution < -0.4 is 0 Å². The number of fused-ring (bicyclic) bond motifs is 2. The van der Waals surface area contributed by atoms with Gasteiger partial charge in [0.2, 0.25) is 0 Å². The van der Waals surface area contributed by atoms with Gasteiger partial charge < -0.3 is 9.64 Å². The average Bonchev–Trinajstić information content (AvgIpc) is 2.89. The number of hydrogen-bond donors (Lipinski definition) is 0. The Hall–Kier alpha value is -3.02. The van der Waals surface area contributed by atoms with E-state index in [2.05, 4.69) is 35.1 Å². The maximum Gasteiger partial charge on any atom is 0.424 e. The van der Waals surface area contributed by atoms with E-state index in [-0.39, 0.29) is 6.61 Å². The molecular formula is C25H26F3NO2. The molecule has 0 heterocycles. The van der Waals surface area contributed by atoms with Crippen molar-refractivity contribution < 1.29 is 22.7 Å².